The van der Waals surface area contributed by atoms with Crippen molar-refractivity contribution in [2.75, 3.05) is 32.1 Å². The number of fused-ring (bicyclic) bond motifs is 1. The average molecular weight is 444 g/mol. The molecule has 0 radical (unpaired) electrons. The zero-order valence-corrected chi connectivity index (χ0v) is 17.9. The Morgan fingerprint density at radius 3 is 2.73 bits per heavy atom. The quantitative estimate of drug-likeness (QED) is 0.487. The monoisotopic (exact) mass is 444 g/mol. The summed E-state index contributed by atoms with van der Waals surface area (Å²) in [7, 11) is 2.06. The van der Waals surface area contributed by atoms with Crippen LogP contribution < -0.4 is 10.1 Å². The summed E-state index contributed by atoms with van der Waals surface area (Å²) < 4.78 is 20.5. The Morgan fingerprint density at radius 1 is 1.12 bits per heavy atom. The second-order valence-corrected chi connectivity index (χ2v) is 8.04. The summed E-state index contributed by atoms with van der Waals surface area (Å²) in [6.45, 7) is 2.53. The maximum absolute atomic E-state index is 14.8. The van der Waals surface area contributed by atoms with Crippen LogP contribution in [0.25, 0.3) is 22.3 Å². The van der Waals surface area contributed by atoms with Gasteiger partial charge in [0.25, 0.3) is 5.91 Å². The number of likely N-dealkylation sites (tertiary alicyclic amines) is 1. The molecule has 8 nitrogen and oxygen atoms in total. The lowest BCUT2D eigenvalue weighted by Gasteiger charge is -2.35. The highest BCUT2D eigenvalue weighted by atomic mass is 19.1. The van der Waals surface area contributed by atoms with E-state index in [4.69, 9.17) is 4.74 Å². The minimum absolute atomic E-state index is 0.242. The first kappa shape index (κ1) is 20.9. The average Bonchev–Trinajstić information content (AvgIpc) is 2.81. The molecule has 1 aromatic carbocycles. The molecule has 0 spiro atoms. The number of nitrogens with zero attached hydrogens (tertiary/aromatic N) is 5. The van der Waals surface area contributed by atoms with Gasteiger partial charge in [0, 0.05) is 42.9 Å². The minimum atomic E-state index is -0.492. The van der Waals surface area contributed by atoms with Crippen molar-refractivity contribution in [3.05, 3.63) is 72.4 Å². The molecule has 1 fully saturated rings. The van der Waals surface area contributed by atoms with E-state index in [1.807, 2.05) is 6.07 Å². The Labute approximate surface area is 189 Å². The fourth-order valence-corrected chi connectivity index (χ4v) is 3.74. The van der Waals surface area contributed by atoms with Gasteiger partial charge in [-0.1, -0.05) is 18.2 Å². The van der Waals surface area contributed by atoms with Crippen molar-refractivity contribution >= 4 is 22.6 Å². The fourth-order valence-electron chi connectivity index (χ4n) is 3.74. The van der Waals surface area contributed by atoms with Crippen molar-refractivity contribution in [1.82, 2.24) is 24.8 Å². The number of pyridine rings is 2. The summed E-state index contributed by atoms with van der Waals surface area (Å²) in [4.78, 5) is 31.9. The van der Waals surface area contributed by atoms with Crippen LogP contribution in [0, 0.1) is 11.7 Å². The van der Waals surface area contributed by atoms with Crippen LogP contribution in [-0.4, -0.2) is 57.5 Å². The van der Waals surface area contributed by atoms with E-state index in [0.717, 1.165) is 13.1 Å². The lowest BCUT2D eigenvalue weighted by Crippen LogP contribution is -2.46. The highest BCUT2D eigenvalue weighted by Crippen LogP contribution is 2.25. The largest absolute Gasteiger partial charge is 0.476 e. The number of rotatable bonds is 6. The molecule has 0 unspecified atom stereocenters. The van der Waals surface area contributed by atoms with E-state index in [0.29, 0.717) is 40.9 Å². The molecule has 9 heteroatoms. The lowest BCUT2D eigenvalue weighted by molar-refractivity contribution is 0.0837. The second-order valence-electron chi connectivity index (χ2n) is 8.04. The molecule has 1 aliphatic heterocycles. The molecule has 1 N–H and O–H groups in total. The van der Waals surface area contributed by atoms with Gasteiger partial charge in [-0.3, -0.25) is 9.78 Å². The highest BCUT2D eigenvalue weighted by Gasteiger charge is 2.23. The number of halogens is 1. The molecule has 0 bridgehead atoms. The molecule has 0 saturated carbocycles. The Hall–Kier alpha value is -3.98. The number of amides is 1. The molecule has 3 aromatic heterocycles. The Bertz CT molecular complexity index is 1310. The van der Waals surface area contributed by atoms with Crippen LogP contribution in [-0.2, 0) is 0 Å². The second kappa shape index (κ2) is 8.87. The van der Waals surface area contributed by atoms with Crippen molar-refractivity contribution in [3.63, 3.8) is 0 Å². The van der Waals surface area contributed by atoms with Crippen LogP contribution in [0.5, 0.6) is 5.88 Å². The number of anilines is 1. The summed E-state index contributed by atoms with van der Waals surface area (Å²) in [6.07, 6.45) is 4.39. The van der Waals surface area contributed by atoms with Crippen LogP contribution in [0.3, 0.4) is 0 Å². The van der Waals surface area contributed by atoms with Gasteiger partial charge in [-0.2, -0.15) is 0 Å². The predicted octanol–water partition coefficient (Wildman–Crippen LogP) is 3.42. The van der Waals surface area contributed by atoms with Crippen molar-refractivity contribution in [2.24, 2.45) is 5.92 Å². The zero-order valence-electron chi connectivity index (χ0n) is 17.9. The number of carbonyl (C=O) groups excluding carboxylic acids is 1. The van der Waals surface area contributed by atoms with Crippen molar-refractivity contribution in [2.45, 2.75) is 0 Å². The maximum Gasteiger partial charge on any atom is 0.256 e. The van der Waals surface area contributed by atoms with E-state index < -0.39 is 5.82 Å². The first-order valence-corrected chi connectivity index (χ1v) is 10.5. The molecule has 5 rings (SSSR count). The van der Waals surface area contributed by atoms with Crippen LogP contribution in [0.4, 0.5) is 10.2 Å². The molecule has 4 aromatic rings. The number of hydrogen-bond acceptors (Lipinski definition) is 7. The third-order valence-corrected chi connectivity index (χ3v) is 5.40. The van der Waals surface area contributed by atoms with Crippen molar-refractivity contribution in [3.8, 4) is 17.3 Å². The molecule has 1 saturated heterocycles. The van der Waals surface area contributed by atoms with Crippen LogP contribution in [0.1, 0.15) is 10.4 Å². The molecule has 1 amide bonds. The number of hydrogen-bond donors (Lipinski definition) is 1. The van der Waals surface area contributed by atoms with E-state index in [2.05, 4.69) is 37.2 Å². The highest BCUT2D eigenvalue weighted by molar-refractivity contribution is 6.04. The molecular formula is C24H21FN6O2. The lowest BCUT2D eigenvalue weighted by atomic mass is 10.0. The van der Waals surface area contributed by atoms with Gasteiger partial charge in [0.2, 0.25) is 5.88 Å². The first-order chi connectivity index (χ1) is 16.0. The molecule has 0 atom stereocenters. The Kier molecular flexibility index (Phi) is 5.62. The molecule has 4 heterocycles. The fraction of sp³-hybridized carbons (Fsp3) is 0.208. The van der Waals surface area contributed by atoms with E-state index in [1.165, 1.54) is 30.7 Å². The van der Waals surface area contributed by atoms with Crippen LogP contribution >= 0.6 is 0 Å². The number of nitrogens with one attached hydrogen (secondary N) is 1. The third-order valence-electron chi connectivity index (χ3n) is 5.40. The van der Waals surface area contributed by atoms with Gasteiger partial charge in [0.15, 0.2) is 0 Å². The molecule has 166 valence electrons. The molecule has 1 aliphatic rings. The number of benzene rings is 1. The van der Waals surface area contributed by atoms with Crippen molar-refractivity contribution in [1.29, 1.82) is 0 Å². The van der Waals surface area contributed by atoms with Gasteiger partial charge < -0.3 is 15.0 Å². The summed E-state index contributed by atoms with van der Waals surface area (Å²) in [5, 5.41) is 2.96. The van der Waals surface area contributed by atoms with E-state index in [-0.39, 0.29) is 17.1 Å². The van der Waals surface area contributed by atoms with Crippen LogP contribution in [0.15, 0.2) is 61.1 Å². The Morgan fingerprint density at radius 2 is 1.94 bits per heavy atom. The zero-order chi connectivity index (χ0) is 22.8. The molecular weight excluding hydrogens is 423 g/mol. The maximum atomic E-state index is 14.8. The topological polar surface area (TPSA) is 93.1 Å². The number of carbonyl (C=O) groups is 1. The summed E-state index contributed by atoms with van der Waals surface area (Å²) in [6, 6.07) is 11.6. The van der Waals surface area contributed by atoms with E-state index in [9.17, 15) is 9.18 Å². The molecule has 33 heavy (non-hydrogen) atoms. The van der Waals surface area contributed by atoms with Gasteiger partial charge >= 0.3 is 0 Å². The Balaban J connectivity index is 1.38. The third kappa shape index (κ3) is 4.63. The smallest absolute Gasteiger partial charge is 0.256 e. The van der Waals surface area contributed by atoms with Gasteiger partial charge in [0.05, 0.1) is 35.6 Å². The van der Waals surface area contributed by atoms with Gasteiger partial charge in [-0.15, -0.1) is 0 Å². The molecule has 0 aliphatic carbocycles. The standard InChI is InChI=1S/C24H21FN6O2/c1-31-12-15(13-31)14-33-23-11-26-10-21(29-23)20-7-18(25)17-9-27-22(8-19(17)28-20)30-24(32)16-5-3-2-4-6-16/h2-11,15H,12-14H2,1H3,(H,27,30,32). The summed E-state index contributed by atoms with van der Waals surface area (Å²) in [5.74, 6) is 0.305. The van der Waals surface area contributed by atoms with E-state index >= 15 is 0 Å². The summed E-state index contributed by atoms with van der Waals surface area (Å²) >= 11 is 0. The number of aromatic nitrogens is 4. The minimum Gasteiger partial charge on any atom is -0.476 e. The SMILES string of the molecule is CN1CC(COc2cncc(-c3cc(F)c4cnc(NC(=O)c5ccccc5)cc4n3)n2)C1. The van der Waals surface area contributed by atoms with Crippen molar-refractivity contribution < 1.29 is 13.9 Å². The van der Waals surface area contributed by atoms with Crippen LogP contribution in [0.2, 0.25) is 0 Å². The van der Waals surface area contributed by atoms with Gasteiger partial charge in [0.1, 0.15) is 17.3 Å². The van der Waals surface area contributed by atoms with E-state index in [1.54, 1.807) is 24.3 Å². The van der Waals surface area contributed by atoms with Gasteiger partial charge in [-0.25, -0.2) is 19.3 Å². The number of ether oxygens (including phenoxy) is 1. The normalized spacial score (nSPS) is 14.1. The summed E-state index contributed by atoms with van der Waals surface area (Å²) in [5.41, 5.74) is 1.54. The van der Waals surface area contributed by atoms with Gasteiger partial charge in [-0.05, 0) is 19.2 Å². The first-order valence-electron chi connectivity index (χ1n) is 10.5. The predicted molar refractivity (Wildman–Crippen MR) is 121 cm³/mol.